The van der Waals surface area contributed by atoms with Crippen molar-refractivity contribution in [3.63, 3.8) is 0 Å². The molecule has 0 fully saturated rings. The minimum Gasteiger partial charge on any atom is -0.0916 e. The highest BCUT2D eigenvalue weighted by Crippen LogP contribution is 2.35. The highest BCUT2D eigenvalue weighted by molar-refractivity contribution is 9.10. The van der Waals surface area contributed by atoms with E-state index in [-0.39, 0.29) is 0 Å². The maximum Gasteiger partial charge on any atom is 0.161 e. The molecule has 2 aromatic rings. The molecule has 0 saturated heterocycles. The predicted octanol–water partition coefficient (Wildman–Crippen LogP) is 5.79. The van der Waals surface area contributed by atoms with Crippen LogP contribution in [0, 0.1) is 0 Å². The molecule has 0 saturated carbocycles. The van der Waals surface area contributed by atoms with Gasteiger partial charge >= 0.3 is 0 Å². The topological polar surface area (TPSA) is 0 Å². The fourth-order valence-electron chi connectivity index (χ4n) is 1.53. The SMILES string of the molecule is ClC(Cl)(/C=C\c1ccc(Br)cc1)c1ccccc1. The molecule has 0 unspecified atom stereocenters. The summed E-state index contributed by atoms with van der Waals surface area (Å²) in [5, 5.41) is 0. The molecule has 0 aromatic heterocycles. The summed E-state index contributed by atoms with van der Waals surface area (Å²) in [6, 6.07) is 17.5. The van der Waals surface area contributed by atoms with Crippen LogP contribution in [-0.2, 0) is 4.33 Å². The van der Waals surface area contributed by atoms with Gasteiger partial charge in [0.1, 0.15) is 0 Å². The van der Waals surface area contributed by atoms with Gasteiger partial charge in [0.2, 0.25) is 0 Å². The Balaban J connectivity index is 2.20. The first-order valence-electron chi connectivity index (χ1n) is 5.46. The summed E-state index contributed by atoms with van der Waals surface area (Å²) in [7, 11) is 0. The predicted molar refractivity (Wildman–Crippen MR) is 83.0 cm³/mol. The summed E-state index contributed by atoms with van der Waals surface area (Å²) in [6.45, 7) is 0. The van der Waals surface area contributed by atoms with Gasteiger partial charge in [0.25, 0.3) is 0 Å². The van der Waals surface area contributed by atoms with Gasteiger partial charge in [-0.3, -0.25) is 0 Å². The van der Waals surface area contributed by atoms with Crippen molar-refractivity contribution in [2.45, 2.75) is 4.33 Å². The lowest BCUT2D eigenvalue weighted by molar-refractivity contribution is 1.11. The summed E-state index contributed by atoms with van der Waals surface area (Å²) in [4.78, 5) is 0. The Morgan fingerprint density at radius 2 is 1.50 bits per heavy atom. The Labute approximate surface area is 125 Å². The molecular formula is C15H11BrCl2. The van der Waals surface area contributed by atoms with Crippen molar-refractivity contribution >= 4 is 45.2 Å². The van der Waals surface area contributed by atoms with Crippen molar-refractivity contribution in [1.29, 1.82) is 0 Å². The molecule has 0 aliphatic carbocycles. The Kier molecular flexibility index (Phi) is 4.50. The minimum atomic E-state index is -1.01. The second-order valence-electron chi connectivity index (χ2n) is 3.87. The number of halogens is 3. The van der Waals surface area contributed by atoms with Crippen LogP contribution in [0.3, 0.4) is 0 Å². The Morgan fingerprint density at radius 1 is 0.889 bits per heavy atom. The molecular weight excluding hydrogens is 331 g/mol. The van der Waals surface area contributed by atoms with E-state index in [1.54, 1.807) is 6.08 Å². The number of allylic oxidation sites excluding steroid dienone is 1. The summed E-state index contributed by atoms with van der Waals surface area (Å²) in [6.07, 6.45) is 3.70. The minimum absolute atomic E-state index is 0.863. The number of hydrogen-bond acceptors (Lipinski definition) is 0. The molecule has 0 radical (unpaired) electrons. The summed E-state index contributed by atoms with van der Waals surface area (Å²) in [5.74, 6) is 0. The quantitative estimate of drug-likeness (QED) is 0.619. The van der Waals surface area contributed by atoms with Crippen LogP contribution in [0.2, 0.25) is 0 Å². The zero-order valence-electron chi connectivity index (χ0n) is 9.48. The Hall–Kier alpha value is -0.760. The lowest BCUT2D eigenvalue weighted by Gasteiger charge is -2.15. The van der Waals surface area contributed by atoms with E-state index >= 15 is 0 Å². The van der Waals surface area contributed by atoms with E-state index in [2.05, 4.69) is 15.9 Å². The molecule has 0 N–H and O–H groups in total. The summed E-state index contributed by atoms with van der Waals surface area (Å²) >= 11 is 16.0. The van der Waals surface area contributed by atoms with Crippen molar-refractivity contribution in [1.82, 2.24) is 0 Å². The van der Waals surface area contributed by atoms with Crippen molar-refractivity contribution in [2.24, 2.45) is 0 Å². The van der Waals surface area contributed by atoms with Crippen molar-refractivity contribution in [3.05, 3.63) is 76.3 Å². The summed E-state index contributed by atoms with van der Waals surface area (Å²) in [5.41, 5.74) is 1.92. The van der Waals surface area contributed by atoms with Gasteiger partial charge < -0.3 is 0 Å². The molecule has 0 amide bonds. The molecule has 2 rings (SSSR count). The molecule has 3 heteroatoms. The molecule has 0 spiro atoms. The van der Waals surface area contributed by atoms with Crippen molar-refractivity contribution < 1.29 is 0 Å². The number of alkyl halides is 2. The van der Waals surface area contributed by atoms with Gasteiger partial charge in [0.15, 0.2) is 4.33 Å². The second-order valence-corrected chi connectivity index (χ2v) is 6.18. The third-order valence-corrected chi connectivity index (χ3v) is 3.73. The first-order chi connectivity index (χ1) is 8.58. The van der Waals surface area contributed by atoms with Crippen LogP contribution in [0.25, 0.3) is 6.08 Å². The largest absolute Gasteiger partial charge is 0.161 e. The highest BCUT2D eigenvalue weighted by atomic mass is 79.9. The molecule has 0 aliphatic rings. The van der Waals surface area contributed by atoms with Crippen LogP contribution in [0.5, 0.6) is 0 Å². The van der Waals surface area contributed by atoms with E-state index in [9.17, 15) is 0 Å². The van der Waals surface area contributed by atoms with Gasteiger partial charge in [-0.1, -0.05) is 87.7 Å². The van der Waals surface area contributed by atoms with Gasteiger partial charge in [-0.25, -0.2) is 0 Å². The zero-order chi connectivity index (χ0) is 13.0. The number of rotatable bonds is 3. The third-order valence-electron chi connectivity index (χ3n) is 2.51. The van der Waals surface area contributed by atoms with Gasteiger partial charge in [-0.15, -0.1) is 0 Å². The van der Waals surface area contributed by atoms with E-state index in [0.29, 0.717) is 0 Å². The molecule has 2 aromatic carbocycles. The van der Waals surface area contributed by atoms with Crippen LogP contribution >= 0.6 is 39.1 Å². The molecule has 0 bridgehead atoms. The van der Waals surface area contributed by atoms with E-state index in [4.69, 9.17) is 23.2 Å². The van der Waals surface area contributed by atoms with Crippen molar-refractivity contribution in [2.75, 3.05) is 0 Å². The monoisotopic (exact) mass is 340 g/mol. The van der Waals surface area contributed by atoms with Crippen LogP contribution in [0.1, 0.15) is 11.1 Å². The third kappa shape index (κ3) is 3.61. The molecule has 18 heavy (non-hydrogen) atoms. The molecule has 92 valence electrons. The maximum atomic E-state index is 6.31. The summed E-state index contributed by atoms with van der Waals surface area (Å²) < 4.78 is 0.0413. The number of benzene rings is 2. The Bertz CT molecular complexity index is 530. The Morgan fingerprint density at radius 3 is 2.11 bits per heavy atom. The van der Waals surface area contributed by atoms with E-state index < -0.39 is 4.33 Å². The molecule has 0 heterocycles. The molecule has 0 atom stereocenters. The molecule has 0 aliphatic heterocycles. The highest BCUT2D eigenvalue weighted by Gasteiger charge is 2.22. The average molecular weight is 342 g/mol. The average Bonchev–Trinajstić information content (AvgIpc) is 2.39. The van der Waals surface area contributed by atoms with Crippen molar-refractivity contribution in [3.8, 4) is 0 Å². The standard InChI is InChI=1S/C15H11BrCl2/c16-14-8-6-12(7-9-14)10-11-15(17,18)13-4-2-1-3-5-13/h1-11H/b11-10-. The first-order valence-corrected chi connectivity index (χ1v) is 7.01. The fraction of sp³-hybridized carbons (Fsp3) is 0.0667. The maximum absolute atomic E-state index is 6.31. The second kappa shape index (κ2) is 5.92. The lowest BCUT2D eigenvalue weighted by Crippen LogP contribution is -2.05. The normalized spacial score (nSPS) is 11.9. The van der Waals surface area contributed by atoms with Gasteiger partial charge in [-0.05, 0) is 29.3 Å². The van der Waals surface area contributed by atoms with Crippen LogP contribution in [0.4, 0.5) is 0 Å². The molecule has 0 nitrogen and oxygen atoms in total. The lowest BCUT2D eigenvalue weighted by atomic mass is 10.1. The van der Waals surface area contributed by atoms with E-state index in [1.807, 2.05) is 60.7 Å². The first kappa shape index (κ1) is 13.7. The van der Waals surface area contributed by atoms with Crippen LogP contribution < -0.4 is 0 Å². The van der Waals surface area contributed by atoms with Crippen LogP contribution in [0.15, 0.2) is 65.1 Å². The van der Waals surface area contributed by atoms with E-state index in [1.165, 1.54) is 0 Å². The number of hydrogen-bond donors (Lipinski definition) is 0. The van der Waals surface area contributed by atoms with Crippen LogP contribution in [-0.4, -0.2) is 0 Å². The van der Waals surface area contributed by atoms with Gasteiger partial charge in [0.05, 0.1) is 0 Å². The smallest absolute Gasteiger partial charge is 0.0916 e. The van der Waals surface area contributed by atoms with Gasteiger partial charge in [0, 0.05) is 4.47 Å². The van der Waals surface area contributed by atoms with Gasteiger partial charge in [-0.2, -0.15) is 0 Å². The fourth-order valence-corrected chi connectivity index (χ4v) is 2.17. The van der Waals surface area contributed by atoms with E-state index in [0.717, 1.165) is 15.6 Å². The zero-order valence-corrected chi connectivity index (χ0v) is 12.6.